The Morgan fingerprint density at radius 1 is 1.42 bits per heavy atom. The molecular weight excluding hydrogens is 192 g/mol. The van der Waals surface area contributed by atoms with Crippen LogP contribution in [0.15, 0.2) is 0 Å². The van der Waals surface area contributed by atoms with Gasteiger partial charge in [-0.3, -0.25) is 4.55 Å². The highest BCUT2D eigenvalue weighted by atomic mass is 32.2. The summed E-state index contributed by atoms with van der Waals surface area (Å²) in [6, 6.07) is 0. The van der Waals surface area contributed by atoms with Crippen LogP contribution in [0.25, 0.3) is 0 Å². The van der Waals surface area contributed by atoms with E-state index in [1.54, 1.807) is 0 Å². The summed E-state index contributed by atoms with van der Waals surface area (Å²) in [5, 5.41) is 0. The minimum atomic E-state index is -3.77. The van der Waals surface area contributed by atoms with Crippen molar-refractivity contribution in [2.45, 2.75) is 44.2 Å². The van der Waals surface area contributed by atoms with Crippen molar-refractivity contribution in [3.63, 3.8) is 0 Å². The van der Waals surface area contributed by atoms with Gasteiger partial charge in [-0.15, -0.1) is 0 Å². The lowest BCUT2D eigenvalue weighted by Gasteiger charge is -2.15. The highest BCUT2D eigenvalue weighted by molar-refractivity contribution is 7.88. The van der Waals surface area contributed by atoms with Crippen molar-refractivity contribution in [3.05, 3.63) is 0 Å². The molecule has 0 radical (unpaired) electrons. The zero-order valence-corrected chi connectivity index (χ0v) is 9.92. The molecule has 0 aromatic heterocycles. The van der Waals surface area contributed by atoms with Gasteiger partial charge in [0.1, 0.15) is 0 Å². The third-order valence-corrected chi connectivity index (χ3v) is 7.45. The Morgan fingerprint density at radius 2 is 1.92 bits per heavy atom. The van der Waals surface area contributed by atoms with E-state index in [9.17, 15) is 8.42 Å². The summed E-state index contributed by atoms with van der Waals surface area (Å²) in [4.78, 5) is -0.447. The topological polar surface area (TPSA) is 54.4 Å². The van der Waals surface area contributed by atoms with Crippen molar-refractivity contribution in [2.24, 2.45) is 0 Å². The average Bonchev–Trinajstić information content (AvgIpc) is 1.84. The standard InChI is InChI=1S/C7H18O3SSi/c1-4-5-6-7(12(2)3)11(8,9)10/h7,12H,4-6H2,1-3H3,(H,8,9,10). The van der Waals surface area contributed by atoms with E-state index in [0.29, 0.717) is 6.42 Å². The molecule has 0 amide bonds. The van der Waals surface area contributed by atoms with E-state index in [-0.39, 0.29) is 0 Å². The lowest BCUT2D eigenvalue weighted by atomic mass is 10.3. The monoisotopic (exact) mass is 210 g/mol. The van der Waals surface area contributed by atoms with Crippen molar-refractivity contribution < 1.29 is 13.0 Å². The smallest absolute Gasteiger partial charge is 0.264 e. The van der Waals surface area contributed by atoms with Crippen LogP contribution < -0.4 is 0 Å². The molecule has 1 unspecified atom stereocenters. The Balaban J connectivity index is 4.26. The second kappa shape index (κ2) is 4.99. The first kappa shape index (κ1) is 12.1. The fourth-order valence-electron chi connectivity index (χ4n) is 1.23. The number of rotatable bonds is 5. The second-order valence-electron chi connectivity index (χ2n) is 3.44. The Morgan fingerprint density at radius 3 is 2.17 bits per heavy atom. The molecule has 5 heteroatoms. The molecule has 12 heavy (non-hydrogen) atoms. The molecule has 0 aliphatic rings. The maximum atomic E-state index is 10.9. The number of hydrogen-bond donors (Lipinski definition) is 1. The maximum Gasteiger partial charge on any atom is 0.264 e. The van der Waals surface area contributed by atoms with E-state index in [0.717, 1.165) is 12.8 Å². The van der Waals surface area contributed by atoms with Gasteiger partial charge in [0, 0.05) is 0 Å². The van der Waals surface area contributed by atoms with Crippen LogP contribution in [0.4, 0.5) is 0 Å². The summed E-state index contributed by atoms with van der Waals surface area (Å²) in [6.07, 6.45) is 2.49. The minimum Gasteiger partial charge on any atom is -0.286 e. The van der Waals surface area contributed by atoms with Crippen molar-refractivity contribution >= 4 is 18.9 Å². The molecule has 0 rings (SSSR count). The van der Waals surface area contributed by atoms with Crippen molar-refractivity contribution in [1.29, 1.82) is 0 Å². The summed E-state index contributed by atoms with van der Waals surface area (Å²) in [5.41, 5.74) is 0. The molecule has 1 atom stereocenters. The molecule has 0 spiro atoms. The lowest BCUT2D eigenvalue weighted by molar-refractivity contribution is 0.473. The SMILES string of the molecule is CCCCC([SiH](C)C)S(=O)(=O)O. The molecule has 0 aliphatic heterocycles. The van der Waals surface area contributed by atoms with Crippen molar-refractivity contribution in [3.8, 4) is 0 Å². The largest absolute Gasteiger partial charge is 0.286 e. The van der Waals surface area contributed by atoms with Gasteiger partial charge in [0.15, 0.2) is 0 Å². The molecule has 0 saturated carbocycles. The summed E-state index contributed by atoms with van der Waals surface area (Å²) in [5.74, 6) is 0. The Kier molecular flexibility index (Phi) is 5.04. The third kappa shape index (κ3) is 4.23. The van der Waals surface area contributed by atoms with Crippen LogP contribution in [0, 0.1) is 0 Å². The summed E-state index contributed by atoms with van der Waals surface area (Å²) in [6.45, 7) is 5.92. The van der Waals surface area contributed by atoms with Crippen LogP contribution >= 0.6 is 0 Å². The van der Waals surface area contributed by atoms with Crippen LogP contribution in [0.5, 0.6) is 0 Å². The fourth-order valence-corrected chi connectivity index (χ4v) is 5.35. The molecule has 1 N–H and O–H groups in total. The van der Waals surface area contributed by atoms with Gasteiger partial charge >= 0.3 is 0 Å². The van der Waals surface area contributed by atoms with Gasteiger partial charge in [0.2, 0.25) is 0 Å². The molecule has 0 saturated heterocycles. The van der Waals surface area contributed by atoms with Crippen LogP contribution in [-0.4, -0.2) is 26.6 Å². The van der Waals surface area contributed by atoms with E-state index >= 15 is 0 Å². The summed E-state index contributed by atoms with van der Waals surface area (Å²) < 4.78 is 30.6. The van der Waals surface area contributed by atoms with Crippen molar-refractivity contribution in [2.75, 3.05) is 0 Å². The molecule has 3 nitrogen and oxygen atoms in total. The van der Waals surface area contributed by atoms with Gasteiger partial charge in [-0.05, 0) is 6.42 Å². The minimum absolute atomic E-state index is 0.447. The van der Waals surface area contributed by atoms with E-state index in [1.807, 2.05) is 20.0 Å². The molecule has 0 heterocycles. The lowest BCUT2D eigenvalue weighted by Crippen LogP contribution is -2.33. The third-order valence-electron chi connectivity index (χ3n) is 1.97. The van der Waals surface area contributed by atoms with Gasteiger partial charge in [0.25, 0.3) is 10.1 Å². The highest BCUT2D eigenvalue weighted by Gasteiger charge is 2.26. The Hall–Kier alpha value is 0.127. The first-order valence-electron chi connectivity index (χ1n) is 4.35. The molecule has 0 fully saturated rings. The zero-order chi connectivity index (χ0) is 9.78. The molecule has 0 bridgehead atoms. The maximum absolute atomic E-state index is 10.9. The normalized spacial score (nSPS) is 15.1. The molecule has 0 aromatic carbocycles. The van der Waals surface area contributed by atoms with Gasteiger partial charge in [-0.25, -0.2) is 0 Å². The average molecular weight is 210 g/mol. The van der Waals surface area contributed by atoms with E-state index < -0.39 is 23.8 Å². The molecule has 74 valence electrons. The quantitative estimate of drug-likeness (QED) is 0.552. The zero-order valence-electron chi connectivity index (χ0n) is 7.95. The highest BCUT2D eigenvalue weighted by Crippen LogP contribution is 2.12. The summed E-state index contributed by atoms with van der Waals surface area (Å²) >= 11 is 0. The number of unbranched alkanes of at least 4 members (excludes halogenated alkanes) is 1. The van der Waals surface area contributed by atoms with Crippen LogP contribution in [0.3, 0.4) is 0 Å². The fraction of sp³-hybridized carbons (Fsp3) is 1.00. The summed E-state index contributed by atoms with van der Waals surface area (Å²) in [7, 11) is -5.05. The van der Waals surface area contributed by atoms with E-state index in [1.165, 1.54) is 0 Å². The Labute approximate surface area is 76.5 Å². The van der Waals surface area contributed by atoms with Gasteiger partial charge in [-0.1, -0.05) is 32.9 Å². The predicted octanol–water partition coefficient (Wildman–Crippen LogP) is 1.46. The van der Waals surface area contributed by atoms with Gasteiger partial charge in [-0.2, -0.15) is 8.42 Å². The first-order chi connectivity index (χ1) is 5.39. The van der Waals surface area contributed by atoms with Crippen LogP contribution in [0.1, 0.15) is 26.2 Å². The molecular formula is C7H18O3SSi. The van der Waals surface area contributed by atoms with Crippen LogP contribution in [-0.2, 0) is 10.1 Å². The molecule has 0 aromatic rings. The van der Waals surface area contributed by atoms with Gasteiger partial charge in [0.05, 0.1) is 13.7 Å². The van der Waals surface area contributed by atoms with Gasteiger partial charge < -0.3 is 0 Å². The predicted molar refractivity (Wildman–Crippen MR) is 53.7 cm³/mol. The Bertz CT molecular complexity index is 211. The number of hydrogen-bond acceptors (Lipinski definition) is 2. The van der Waals surface area contributed by atoms with E-state index in [4.69, 9.17) is 4.55 Å². The second-order valence-corrected chi connectivity index (χ2v) is 8.85. The first-order valence-corrected chi connectivity index (χ1v) is 8.83. The van der Waals surface area contributed by atoms with Crippen molar-refractivity contribution in [1.82, 2.24) is 0 Å². The van der Waals surface area contributed by atoms with Crippen LogP contribution in [0.2, 0.25) is 13.1 Å². The molecule has 0 aliphatic carbocycles. The van der Waals surface area contributed by atoms with E-state index in [2.05, 4.69) is 0 Å².